The molecular formula is C15H32N2O2. The van der Waals surface area contributed by atoms with Gasteiger partial charge in [0.2, 0.25) is 5.91 Å². The molecule has 0 aromatic rings. The maximum Gasteiger partial charge on any atom is 0.239 e. The number of hydrogen-bond donors (Lipinski definition) is 1. The largest absolute Gasteiger partial charge is 0.379 e. The minimum atomic E-state index is -0.171. The van der Waals surface area contributed by atoms with E-state index in [0.717, 1.165) is 12.8 Å². The Bertz CT molecular complexity index is 275. The molecule has 1 amide bonds. The van der Waals surface area contributed by atoms with Gasteiger partial charge in [-0.15, -0.1) is 0 Å². The third-order valence-corrected chi connectivity index (χ3v) is 3.28. The van der Waals surface area contributed by atoms with Crippen molar-refractivity contribution in [2.45, 2.75) is 65.1 Å². The van der Waals surface area contributed by atoms with Crippen molar-refractivity contribution < 1.29 is 9.53 Å². The van der Waals surface area contributed by atoms with Gasteiger partial charge >= 0.3 is 0 Å². The number of rotatable bonds is 8. The van der Waals surface area contributed by atoms with Crippen LogP contribution in [0.2, 0.25) is 0 Å². The van der Waals surface area contributed by atoms with Gasteiger partial charge in [-0.25, -0.2) is 0 Å². The fourth-order valence-electron chi connectivity index (χ4n) is 2.25. The van der Waals surface area contributed by atoms with Crippen LogP contribution < -0.4 is 5.32 Å². The molecule has 0 radical (unpaired) electrons. The summed E-state index contributed by atoms with van der Waals surface area (Å²) in [6, 6.07) is 0.125. The fourth-order valence-corrected chi connectivity index (χ4v) is 2.25. The highest BCUT2D eigenvalue weighted by Crippen LogP contribution is 2.17. The van der Waals surface area contributed by atoms with Crippen LogP contribution in [0, 0.1) is 5.92 Å². The Hall–Kier alpha value is -0.610. The standard InChI is InChI=1S/C15H32N2O2/c1-11(2)9-13(14(18)17(6)7)16-12(3)10-15(4,5)19-8/h11-13,16H,9-10H2,1-8H3. The minimum Gasteiger partial charge on any atom is -0.379 e. The number of likely N-dealkylation sites (N-methyl/N-ethyl adjacent to an activating group) is 1. The van der Waals surface area contributed by atoms with Crippen LogP contribution in [-0.4, -0.2) is 49.7 Å². The van der Waals surface area contributed by atoms with Crippen LogP contribution >= 0.6 is 0 Å². The summed E-state index contributed by atoms with van der Waals surface area (Å²) < 4.78 is 5.44. The Balaban J connectivity index is 4.59. The highest BCUT2D eigenvalue weighted by atomic mass is 16.5. The van der Waals surface area contributed by atoms with Crippen LogP contribution in [0.4, 0.5) is 0 Å². The van der Waals surface area contributed by atoms with E-state index in [1.807, 2.05) is 0 Å². The van der Waals surface area contributed by atoms with E-state index in [9.17, 15) is 4.79 Å². The first-order chi connectivity index (χ1) is 8.59. The lowest BCUT2D eigenvalue weighted by Crippen LogP contribution is -2.49. The molecule has 1 N–H and O–H groups in total. The van der Waals surface area contributed by atoms with Gasteiger partial charge in [-0.2, -0.15) is 0 Å². The predicted octanol–water partition coefficient (Wildman–Crippen LogP) is 2.28. The average Bonchev–Trinajstić information content (AvgIpc) is 2.25. The molecule has 0 aliphatic rings. The molecule has 114 valence electrons. The quantitative estimate of drug-likeness (QED) is 0.737. The number of carbonyl (C=O) groups is 1. The molecule has 0 bridgehead atoms. The van der Waals surface area contributed by atoms with E-state index < -0.39 is 0 Å². The van der Waals surface area contributed by atoms with E-state index in [-0.39, 0.29) is 23.6 Å². The van der Waals surface area contributed by atoms with Crippen molar-refractivity contribution in [3.8, 4) is 0 Å². The van der Waals surface area contributed by atoms with Crippen LogP contribution in [0.3, 0.4) is 0 Å². The van der Waals surface area contributed by atoms with Crippen LogP contribution in [0.15, 0.2) is 0 Å². The molecule has 0 rings (SSSR count). The van der Waals surface area contributed by atoms with Gasteiger partial charge in [-0.3, -0.25) is 4.79 Å². The summed E-state index contributed by atoms with van der Waals surface area (Å²) in [6.45, 7) is 10.5. The van der Waals surface area contributed by atoms with E-state index in [1.165, 1.54) is 0 Å². The van der Waals surface area contributed by atoms with E-state index in [1.54, 1.807) is 26.1 Å². The van der Waals surface area contributed by atoms with Gasteiger partial charge in [0.15, 0.2) is 0 Å². The monoisotopic (exact) mass is 272 g/mol. The molecule has 4 nitrogen and oxygen atoms in total. The first-order valence-corrected chi connectivity index (χ1v) is 7.11. The van der Waals surface area contributed by atoms with E-state index >= 15 is 0 Å². The molecule has 19 heavy (non-hydrogen) atoms. The van der Waals surface area contributed by atoms with Crippen LogP contribution in [-0.2, 0) is 9.53 Å². The molecule has 0 aromatic carbocycles. The number of methoxy groups -OCH3 is 1. The summed E-state index contributed by atoms with van der Waals surface area (Å²) in [5.74, 6) is 0.639. The number of amides is 1. The van der Waals surface area contributed by atoms with E-state index in [2.05, 4.69) is 39.9 Å². The normalized spacial score (nSPS) is 15.4. The van der Waals surface area contributed by atoms with Crippen molar-refractivity contribution >= 4 is 5.91 Å². The number of ether oxygens (including phenoxy) is 1. The van der Waals surface area contributed by atoms with Crippen molar-refractivity contribution in [3.63, 3.8) is 0 Å². The fraction of sp³-hybridized carbons (Fsp3) is 0.933. The Morgan fingerprint density at radius 3 is 2.16 bits per heavy atom. The zero-order valence-electron chi connectivity index (χ0n) is 13.9. The molecule has 2 unspecified atom stereocenters. The van der Waals surface area contributed by atoms with Crippen molar-refractivity contribution in [2.75, 3.05) is 21.2 Å². The first-order valence-electron chi connectivity index (χ1n) is 7.11. The van der Waals surface area contributed by atoms with E-state index in [4.69, 9.17) is 4.74 Å². The maximum atomic E-state index is 12.2. The van der Waals surface area contributed by atoms with Crippen molar-refractivity contribution in [2.24, 2.45) is 5.92 Å². The predicted molar refractivity (Wildman–Crippen MR) is 80.2 cm³/mol. The lowest BCUT2D eigenvalue weighted by Gasteiger charge is -2.31. The molecule has 0 saturated heterocycles. The van der Waals surface area contributed by atoms with Crippen molar-refractivity contribution in [1.29, 1.82) is 0 Å². The second kappa shape index (κ2) is 7.85. The lowest BCUT2D eigenvalue weighted by molar-refractivity contribution is -0.131. The summed E-state index contributed by atoms with van der Waals surface area (Å²) in [5, 5.41) is 3.45. The summed E-state index contributed by atoms with van der Waals surface area (Å²) in [7, 11) is 5.34. The zero-order valence-corrected chi connectivity index (χ0v) is 13.9. The SMILES string of the molecule is COC(C)(C)CC(C)NC(CC(C)C)C(=O)N(C)C. The van der Waals surface area contributed by atoms with Gasteiger partial charge in [-0.05, 0) is 39.5 Å². The minimum absolute atomic E-state index is 0.113. The first kappa shape index (κ1) is 18.4. The number of carbonyl (C=O) groups excluding carboxylic acids is 1. The number of nitrogens with one attached hydrogen (secondary N) is 1. The van der Waals surface area contributed by atoms with Gasteiger partial charge in [0.1, 0.15) is 0 Å². The molecule has 0 aromatic heterocycles. The molecule has 4 heteroatoms. The molecule has 0 heterocycles. The Labute approximate surface area is 118 Å². The van der Waals surface area contributed by atoms with Crippen LogP contribution in [0.5, 0.6) is 0 Å². The maximum absolute atomic E-state index is 12.2. The topological polar surface area (TPSA) is 41.6 Å². The van der Waals surface area contributed by atoms with Crippen LogP contribution in [0.1, 0.15) is 47.5 Å². The third-order valence-electron chi connectivity index (χ3n) is 3.28. The van der Waals surface area contributed by atoms with Gasteiger partial charge in [0, 0.05) is 27.2 Å². The van der Waals surface area contributed by atoms with Gasteiger partial charge in [-0.1, -0.05) is 13.8 Å². The van der Waals surface area contributed by atoms with Gasteiger partial charge < -0.3 is 15.0 Å². The van der Waals surface area contributed by atoms with Gasteiger partial charge in [0.25, 0.3) is 0 Å². The Morgan fingerprint density at radius 1 is 1.26 bits per heavy atom. The Morgan fingerprint density at radius 2 is 1.79 bits per heavy atom. The third kappa shape index (κ3) is 7.53. The average molecular weight is 272 g/mol. The second-order valence-corrected chi connectivity index (χ2v) is 6.65. The van der Waals surface area contributed by atoms with Crippen LogP contribution in [0.25, 0.3) is 0 Å². The smallest absolute Gasteiger partial charge is 0.239 e. The summed E-state index contributed by atoms with van der Waals surface area (Å²) in [5.41, 5.74) is -0.171. The van der Waals surface area contributed by atoms with Crippen molar-refractivity contribution in [3.05, 3.63) is 0 Å². The lowest BCUT2D eigenvalue weighted by atomic mass is 9.97. The summed E-state index contributed by atoms with van der Waals surface area (Å²) in [4.78, 5) is 13.8. The highest BCUT2D eigenvalue weighted by Gasteiger charge is 2.26. The second-order valence-electron chi connectivity index (χ2n) is 6.65. The molecule has 0 saturated carbocycles. The molecule has 2 atom stereocenters. The van der Waals surface area contributed by atoms with E-state index in [0.29, 0.717) is 5.92 Å². The summed E-state index contributed by atoms with van der Waals surface area (Å²) >= 11 is 0. The Kier molecular flexibility index (Phi) is 7.60. The molecule has 0 fully saturated rings. The number of hydrogen-bond acceptors (Lipinski definition) is 3. The zero-order chi connectivity index (χ0) is 15.2. The van der Waals surface area contributed by atoms with Gasteiger partial charge in [0.05, 0.1) is 11.6 Å². The highest BCUT2D eigenvalue weighted by molar-refractivity contribution is 5.81. The molecule has 0 aliphatic carbocycles. The van der Waals surface area contributed by atoms with Crippen molar-refractivity contribution in [1.82, 2.24) is 10.2 Å². The molecule has 0 spiro atoms. The molecule has 0 aliphatic heterocycles. The summed E-state index contributed by atoms with van der Waals surface area (Å²) in [6.07, 6.45) is 1.73. The molecular weight excluding hydrogens is 240 g/mol. The number of nitrogens with zero attached hydrogens (tertiary/aromatic N) is 1.